The Bertz CT molecular complexity index is 534. The summed E-state index contributed by atoms with van der Waals surface area (Å²) in [6.45, 7) is 1.93. The number of rotatable bonds is 2. The maximum absolute atomic E-state index is 7.57. The van der Waals surface area contributed by atoms with Gasteiger partial charge in [0.05, 0.1) is 11.4 Å². The number of hydrogen-bond donors (Lipinski definition) is 1. The lowest BCUT2D eigenvalue weighted by molar-refractivity contribution is 0.318. The summed E-state index contributed by atoms with van der Waals surface area (Å²) in [5, 5.41) is 9.28. The number of aromatic nitrogens is 2. The highest BCUT2D eigenvalue weighted by Crippen LogP contribution is 2.35. The molecule has 22 heavy (non-hydrogen) atoms. The Balaban J connectivity index is 0.000000188. The number of alkyl halides is 2. The molecule has 2 aromatic heterocycles. The van der Waals surface area contributed by atoms with Crippen LogP contribution in [0.15, 0.2) is 7.83 Å². The fraction of sp³-hybridized carbons (Fsp3) is 0.500. The maximum Gasteiger partial charge on any atom is 0.159 e. The minimum atomic E-state index is 0.250. The molecule has 0 bridgehead atoms. The van der Waals surface area contributed by atoms with Gasteiger partial charge in [-0.05, 0) is 38.8 Å². The van der Waals surface area contributed by atoms with E-state index in [4.69, 9.17) is 5.11 Å². The number of aliphatic hydroxyl groups is 1. The molecule has 0 saturated heterocycles. The molecular weight excluding hydrogens is 604 g/mol. The van der Waals surface area contributed by atoms with Crippen LogP contribution >= 0.6 is 98.2 Å². The average Bonchev–Trinajstić information content (AvgIpc) is 3.14. The van der Waals surface area contributed by atoms with Gasteiger partial charge in [0, 0.05) is 38.5 Å². The number of nitrogens with zero attached hydrogens (tertiary/aromatic N) is 2. The molecule has 2 aromatic rings. The summed E-state index contributed by atoms with van der Waals surface area (Å²) < 4.78 is 1.99. The number of aliphatic hydroxyl groups excluding tert-OH is 1. The molecule has 0 atom stereocenters. The van der Waals surface area contributed by atoms with Gasteiger partial charge in [0.15, 0.2) is 7.83 Å². The van der Waals surface area contributed by atoms with Gasteiger partial charge in [0.1, 0.15) is 0 Å². The Morgan fingerprint density at radius 1 is 1.05 bits per heavy atom. The van der Waals surface area contributed by atoms with Crippen molar-refractivity contribution in [3.05, 3.63) is 29.0 Å². The molecule has 0 spiro atoms. The van der Waals surface area contributed by atoms with Crippen molar-refractivity contribution in [2.24, 2.45) is 0 Å². The first-order valence-electron chi connectivity index (χ1n) is 6.14. The minimum Gasteiger partial charge on any atom is -0.397 e. The summed E-state index contributed by atoms with van der Waals surface area (Å²) in [4.78, 5) is 11.3. The number of thioether (sulfide) groups is 1. The van der Waals surface area contributed by atoms with Gasteiger partial charge in [0.25, 0.3) is 0 Å². The topological polar surface area (TPSA) is 46.0 Å². The largest absolute Gasteiger partial charge is 0.397 e. The molecule has 10 heteroatoms. The molecule has 0 aromatic carbocycles. The molecule has 0 aliphatic carbocycles. The first-order chi connectivity index (χ1) is 10.5. The summed E-state index contributed by atoms with van der Waals surface area (Å²) in [6.07, 6.45) is 0. The molecule has 0 unspecified atom stereocenters. The van der Waals surface area contributed by atoms with Gasteiger partial charge < -0.3 is 5.11 Å². The Labute approximate surface area is 176 Å². The van der Waals surface area contributed by atoms with E-state index in [-0.39, 0.29) is 6.61 Å². The van der Waals surface area contributed by atoms with Crippen molar-refractivity contribution < 1.29 is 5.11 Å². The number of fused-ring (bicyclic) bond motifs is 1. The highest BCUT2D eigenvalue weighted by Gasteiger charge is 2.15. The third-order valence-electron chi connectivity index (χ3n) is 2.22. The SMILES string of the molecule is BrCc1nc(Br)sc1CBr.Brc1nc2c(s1)CSC2.CCO. The Kier molecular flexibility index (Phi) is 11.7. The second-order valence-electron chi connectivity index (χ2n) is 3.75. The third-order valence-corrected chi connectivity index (χ3v) is 7.94. The van der Waals surface area contributed by atoms with Crippen molar-refractivity contribution in [1.29, 1.82) is 0 Å². The minimum absolute atomic E-state index is 0.250. The second-order valence-corrected chi connectivity index (χ2v) is 10.6. The first kappa shape index (κ1) is 21.5. The monoisotopic (exact) mass is 614 g/mol. The van der Waals surface area contributed by atoms with Crippen molar-refractivity contribution >= 4 is 98.2 Å². The van der Waals surface area contributed by atoms with E-state index in [2.05, 4.69) is 73.7 Å². The van der Waals surface area contributed by atoms with Crippen LogP contribution in [0.3, 0.4) is 0 Å². The van der Waals surface area contributed by atoms with E-state index < -0.39 is 0 Å². The zero-order valence-electron chi connectivity index (χ0n) is 11.6. The van der Waals surface area contributed by atoms with Crippen LogP contribution in [0.1, 0.15) is 28.1 Å². The van der Waals surface area contributed by atoms with Gasteiger partial charge in [-0.3, -0.25) is 0 Å². The lowest BCUT2D eigenvalue weighted by atomic mass is 10.4. The normalized spacial score (nSPS) is 12.1. The van der Waals surface area contributed by atoms with Crippen LogP contribution in [0.5, 0.6) is 0 Å². The molecule has 0 saturated carbocycles. The highest BCUT2D eigenvalue weighted by molar-refractivity contribution is 9.11. The van der Waals surface area contributed by atoms with Crippen LogP contribution in [0, 0.1) is 0 Å². The van der Waals surface area contributed by atoms with E-state index in [9.17, 15) is 0 Å². The maximum atomic E-state index is 7.57. The standard InChI is InChI=1S/C5H4Br3NS.C5H4BrNS2.C2H6O/c6-1-3-4(2-7)10-5(8)9-3;6-5-7-3-1-8-2-4(3)9-5;1-2-3/h1-2H2;1-2H2;3H,2H2,1H3. The van der Waals surface area contributed by atoms with Gasteiger partial charge in [-0.25, -0.2) is 9.97 Å². The van der Waals surface area contributed by atoms with E-state index in [0.717, 1.165) is 29.9 Å². The molecule has 1 aliphatic heterocycles. The summed E-state index contributed by atoms with van der Waals surface area (Å²) in [5.74, 6) is 2.27. The molecule has 1 aliphatic rings. The average molecular weight is 618 g/mol. The van der Waals surface area contributed by atoms with Crippen LogP contribution < -0.4 is 0 Å². The van der Waals surface area contributed by atoms with Gasteiger partial charge in [-0.1, -0.05) is 31.9 Å². The second kappa shape index (κ2) is 11.9. The summed E-state index contributed by atoms with van der Waals surface area (Å²) >= 11 is 18.8. The van der Waals surface area contributed by atoms with E-state index in [1.54, 1.807) is 29.6 Å². The summed E-state index contributed by atoms with van der Waals surface area (Å²) in [6, 6.07) is 0. The molecule has 3 heterocycles. The molecule has 124 valence electrons. The van der Waals surface area contributed by atoms with Gasteiger partial charge in [-0.2, -0.15) is 0 Å². The molecule has 3 nitrogen and oxygen atoms in total. The number of thiazole rings is 2. The van der Waals surface area contributed by atoms with Crippen LogP contribution in [-0.2, 0) is 22.2 Å². The molecule has 3 rings (SSSR count). The van der Waals surface area contributed by atoms with Crippen molar-refractivity contribution in [3.8, 4) is 0 Å². The first-order valence-corrected chi connectivity index (χ1v) is 12.8. The van der Waals surface area contributed by atoms with E-state index in [1.807, 2.05) is 11.8 Å². The molecular formula is C12H14Br4N2OS3. The van der Waals surface area contributed by atoms with Gasteiger partial charge in [0.2, 0.25) is 0 Å². The van der Waals surface area contributed by atoms with Crippen molar-refractivity contribution in [2.75, 3.05) is 6.61 Å². The Morgan fingerprint density at radius 3 is 2.18 bits per heavy atom. The van der Waals surface area contributed by atoms with E-state index >= 15 is 0 Å². The lowest BCUT2D eigenvalue weighted by Crippen LogP contribution is -1.80. The zero-order valence-corrected chi connectivity index (χ0v) is 20.4. The predicted molar refractivity (Wildman–Crippen MR) is 113 cm³/mol. The van der Waals surface area contributed by atoms with E-state index in [0.29, 0.717) is 0 Å². The summed E-state index contributed by atoms with van der Waals surface area (Å²) in [5.41, 5.74) is 2.41. The van der Waals surface area contributed by atoms with Crippen molar-refractivity contribution in [1.82, 2.24) is 9.97 Å². The fourth-order valence-corrected chi connectivity index (χ4v) is 7.00. The molecule has 1 N–H and O–H groups in total. The third kappa shape index (κ3) is 7.16. The fourth-order valence-electron chi connectivity index (χ4n) is 1.38. The van der Waals surface area contributed by atoms with Gasteiger partial charge >= 0.3 is 0 Å². The number of hydrogen-bond acceptors (Lipinski definition) is 6. The molecule has 0 amide bonds. The quantitative estimate of drug-likeness (QED) is 0.399. The van der Waals surface area contributed by atoms with Crippen molar-refractivity contribution in [3.63, 3.8) is 0 Å². The summed E-state index contributed by atoms with van der Waals surface area (Å²) in [7, 11) is 0. The Hall–Kier alpha value is 1.49. The molecule has 0 radical (unpaired) electrons. The van der Waals surface area contributed by atoms with Crippen LogP contribution in [0.25, 0.3) is 0 Å². The number of halogens is 4. The van der Waals surface area contributed by atoms with Crippen LogP contribution in [0.2, 0.25) is 0 Å². The highest BCUT2D eigenvalue weighted by atomic mass is 79.9. The van der Waals surface area contributed by atoms with Crippen molar-refractivity contribution in [2.45, 2.75) is 29.1 Å². The molecule has 0 fully saturated rings. The van der Waals surface area contributed by atoms with Crippen LogP contribution in [-0.4, -0.2) is 21.7 Å². The predicted octanol–water partition coefficient (Wildman–Crippen LogP) is 6.35. The lowest BCUT2D eigenvalue weighted by Gasteiger charge is -1.88. The van der Waals surface area contributed by atoms with E-state index in [1.165, 1.54) is 21.2 Å². The zero-order chi connectivity index (χ0) is 16.5. The smallest absolute Gasteiger partial charge is 0.159 e. The van der Waals surface area contributed by atoms with Crippen LogP contribution in [0.4, 0.5) is 0 Å². The van der Waals surface area contributed by atoms with Gasteiger partial charge in [-0.15, -0.1) is 34.4 Å². The Morgan fingerprint density at radius 2 is 1.68 bits per heavy atom.